The van der Waals surface area contributed by atoms with Gasteiger partial charge in [0.2, 0.25) is 5.91 Å². The number of nitrogens with two attached hydrogens (primary N) is 1. The zero-order valence-corrected chi connectivity index (χ0v) is 12.4. The maximum absolute atomic E-state index is 12.3. The van der Waals surface area contributed by atoms with Gasteiger partial charge < -0.3 is 11.1 Å². The number of hydrogen-bond donors (Lipinski definition) is 2. The summed E-state index contributed by atoms with van der Waals surface area (Å²) in [5.41, 5.74) is 5.90. The van der Waals surface area contributed by atoms with Crippen molar-refractivity contribution in [2.24, 2.45) is 17.6 Å². The summed E-state index contributed by atoms with van der Waals surface area (Å²) in [6.45, 7) is 2.20. The van der Waals surface area contributed by atoms with Gasteiger partial charge in [-0.2, -0.15) is 0 Å². The third-order valence-corrected chi connectivity index (χ3v) is 5.12. The molecule has 0 unspecified atom stereocenters. The van der Waals surface area contributed by atoms with Crippen LogP contribution in [-0.4, -0.2) is 18.0 Å². The van der Waals surface area contributed by atoms with E-state index < -0.39 is 0 Å². The molecule has 2 fully saturated rings. The van der Waals surface area contributed by atoms with Gasteiger partial charge in [0.15, 0.2) is 0 Å². The second-order valence-electron chi connectivity index (χ2n) is 6.66. The molecule has 3 N–H and O–H groups in total. The van der Waals surface area contributed by atoms with Crippen molar-refractivity contribution >= 4 is 5.91 Å². The Bertz CT molecular complexity index is 276. The Balaban J connectivity index is 1.77. The zero-order chi connectivity index (χ0) is 13.7. The van der Waals surface area contributed by atoms with E-state index >= 15 is 0 Å². The minimum absolute atomic E-state index is 0.216. The molecular formula is C16H30N2O. The van der Waals surface area contributed by atoms with Gasteiger partial charge in [-0.1, -0.05) is 25.7 Å². The summed E-state index contributed by atoms with van der Waals surface area (Å²) in [6, 6.07) is 0.671. The molecule has 0 saturated heterocycles. The van der Waals surface area contributed by atoms with E-state index in [-0.39, 0.29) is 11.8 Å². The number of carbonyl (C=O) groups excluding carboxylic acids is 1. The molecule has 2 rings (SSSR count). The highest BCUT2D eigenvalue weighted by Crippen LogP contribution is 2.27. The first-order chi connectivity index (χ1) is 9.16. The van der Waals surface area contributed by atoms with E-state index in [0.717, 1.165) is 25.7 Å². The predicted octanol–water partition coefficient (Wildman–Crippen LogP) is 2.98. The van der Waals surface area contributed by atoms with E-state index in [1.165, 1.54) is 38.5 Å². The molecule has 2 aliphatic rings. The Morgan fingerprint density at radius 2 is 1.58 bits per heavy atom. The Hall–Kier alpha value is -0.570. The summed E-state index contributed by atoms with van der Waals surface area (Å²) < 4.78 is 0. The first-order valence-corrected chi connectivity index (χ1v) is 8.22. The van der Waals surface area contributed by atoms with Crippen LogP contribution in [0.1, 0.15) is 71.1 Å². The first-order valence-electron chi connectivity index (χ1n) is 8.22. The molecule has 0 aromatic rings. The summed E-state index contributed by atoms with van der Waals surface area (Å²) in [5, 5.41) is 3.28. The first kappa shape index (κ1) is 14.8. The average molecular weight is 266 g/mol. The van der Waals surface area contributed by atoms with Gasteiger partial charge in [-0.3, -0.25) is 4.79 Å². The maximum Gasteiger partial charge on any atom is 0.223 e. The van der Waals surface area contributed by atoms with E-state index in [0.29, 0.717) is 18.0 Å². The highest BCUT2D eigenvalue weighted by atomic mass is 16.1. The molecule has 0 heterocycles. The van der Waals surface area contributed by atoms with Gasteiger partial charge in [0, 0.05) is 18.0 Å². The van der Waals surface area contributed by atoms with Crippen molar-refractivity contribution < 1.29 is 4.79 Å². The predicted molar refractivity (Wildman–Crippen MR) is 78.7 cm³/mol. The van der Waals surface area contributed by atoms with Gasteiger partial charge in [-0.15, -0.1) is 0 Å². The third-order valence-electron chi connectivity index (χ3n) is 5.12. The lowest BCUT2D eigenvalue weighted by Crippen LogP contribution is -2.43. The molecule has 1 atom stereocenters. The Morgan fingerprint density at radius 1 is 1.00 bits per heavy atom. The maximum atomic E-state index is 12.3. The molecular weight excluding hydrogens is 236 g/mol. The van der Waals surface area contributed by atoms with Crippen LogP contribution in [0.15, 0.2) is 0 Å². The lowest BCUT2D eigenvalue weighted by molar-refractivity contribution is -0.127. The normalized spacial score (nSPS) is 31.5. The fourth-order valence-corrected chi connectivity index (χ4v) is 3.65. The summed E-state index contributed by atoms with van der Waals surface area (Å²) >= 11 is 0. The highest BCUT2D eigenvalue weighted by Gasteiger charge is 2.27. The zero-order valence-electron chi connectivity index (χ0n) is 12.4. The van der Waals surface area contributed by atoms with Gasteiger partial charge in [-0.05, 0) is 51.4 Å². The average Bonchev–Trinajstić information content (AvgIpc) is 2.68. The van der Waals surface area contributed by atoms with E-state index in [4.69, 9.17) is 5.73 Å². The van der Waals surface area contributed by atoms with Gasteiger partial charge in [-0.25, -0.2) is 0 Å². The second kappa shape index (κ2) is 7.28. The molecule has 2 saturated carbocycles. The van der Waals surface area contributed by atoms with E-state index in [1.54, 1.807) is 0 Å². The molecule has 0 aliphatic heterocycles. The van der Waals surface area contributed by atoms with Crippen molar-refractivity contribution in [1.29, 1.82) is 0 Å². The van der Waals surface area contributed by atoms with Crippen molar-refractivity contribution in [1.82, 2.24) is 5.32 Å². The summed E-state index contributed by atoms with van der Waals surface area (Å²) in [4.78, 5) is 12.3. The number of amides is 1. The van der Waals surface area contributed by atoms with Crippen LogP contribution in [0.5, 0.6) is 0 Å². The number of hydrogen-bond acceptors (Lipinski definition) is 2. The van der Waals surface area contributed by atoms with Crippen LogP contribution in [0.25, 0.3) is 0 Å². The van der Waals surface area contributed by atoms with Crippen LogP contribution in [-0.2, 0) is 4.79 Å². The molecule has 0 aromatic heterocycles. The van der Waals surface area contributed by atoms with Crippen LogP contribution in [0.2, 0.25) is 0 Å². The molecule has 0 radical (unpaired) electrons. The fraction of sp³-hybridized carbons (Fsp3) is 0.938. The Kier molecular flexibility index (Phi) is 5.68. The number of nitrogens with one attached hydrogen (secondary N) is 1. The highest BCUT2D eigenvalue weighted by molar-refractivity contribution is 5.79. The van der Waals surface area contributed by atoms with Gasteiger partial charge >= 0.3 is 0 Å². The lowest BCUT2D eigenvalue weighted by Gasteiger charge is -2.29. The van der Waals surface area contributed by atoms with E-state index in [9.17, 15) is 4.79 Å². The molecule has 1 amide bonds. The molecule has 110 valence electrons. The SMILES string of the molecule is C[C@H](NC(=O)C1CCC(N)CC1)C1CCCCCC1. The van der Waals surface area contributed by atoms with Crippen molar-refractivity contribution in [3.05, 3.63) is 0 Å². The van der Waals surface area contributed by atoms with Crippen LogP contribution >= 0.6 is 0 Å². The molecule has 19 heavy (non-hydrogen) atoms. The smallest absolute Gasteiger partial charge is 0.223 e. The van der Waals surface area contributed by atoms with Crippen LogP contribution in [0.4, 0.5) is 0 Å². The van der Waals surface area contributed by atoms with Gasteiger partial charge in [0.1, 0.15) is 0 Å². The number of rotatable bonds is 3. The van der Waals surface area contributed by atoms with Crippen molar-refractivity contribution in [3.8, 4) is 0 Å². The largest absolute Gasteiger partial charge is 0.353 e. The third kappa shape index (κ3) is 4.48. The standard InChI is InChI=1S/C16H30N2O/c1-12(13-6-4-2-3-5-7-13)18-16(19)14-8-10-15(17)11-9-14/h12-15H,2-11,17H2,1H3,(H,18,19)/t12-,14?,15?/m0/s1. The quantitative estimate of drug-likeness (QED) is 0.772. The topological polar surface area (TPSA) is 55.1 Å². The van der Waals surface area contributed by atoms with E-state index in [1.807, 2.05) is 0 Å². The second-order valence-corrected chi connectivity index (χ2v) is 6.66. The van der Waals surface area contributed by atoms with Crippen molar-refractivity contribution in [3.63, 3.8) is 0 Å². The minimum Gasteiger partial charge on any atom is -0.353 e. The van der Waals surface area contributed by atoms with Gasteiger partial charge in [0.25, 0.3) is 0 Å². The monoisotopic (exact) mass is 266 g/mol. The van der Waals surface area contributed by atoms with Gasteiger partial charge in [0.05, 0.1) is 0 Å². The summed E-state index contributed by atoms with van der Waals surface area (Å²) in [7, 11) is 0. The molecule has 0 aromatic carbocycles. The van der Waals surface area contributed by atoms with Crippen LogP contribution in [0, 0.1) is 11.8 Å². The van der Waals surface area contributed by atoms with Crippen LogP contribution < -0.4 is 11.1 Å². The molecule has 0 spiro atoms. The molecule has 3 heteroatoms. The fourth-order valence-electron chi connectivity index (χ4n) is 3.65. The molecule has 0 bridgehead atoms. The number of carbonyl (C=O) groups is 1. The van der Waals surface area contributed by atoms with Crippen molar-refractivity contribution in [2.75, 3.05) is 0 Å². The van der Waals surface area contributed by atoms with E-state index in [2.05, 4.69) is 12.2 Å². The van der Waals surface area contributed by atoms with Crippen LogP contribution in [0.3, 0.4) is 0 Å². The lowest BCUT2D eigenvalue weighted by atomic mass is 9.85. The summed E-state index contributed by atoms with van der Waals surface area (Å²) in [5.74, 6) is 1.19. The Morgan fingerprint density at radius 3 is 2.16 bits per heavy atom. The van der Waals surface area contributed by atoms with Crippen molar-refractivity contribution in [2.45, 2.75) is 83.2 Å². The summed E-state index contributed by atoms with van der Waals surface area (Å²) in [6.07, 6.45) is 12.0. The Labute approximate surface area is 117 Å². The minimum atomic E-state index is 0.216. The molecule has 3 nitrogen and oxygen atoms in total. The molecule has 2 aliphatic carbocycles.